The molecule has 46 heavy (non-hydrogen) atoms. The number of ketones is 1. The highest BCUT2D eigenvalue weighted by Crippen LogP contribution is 2.41. The van der Waals surface area contributed by atoms with E-state index in [4.69, 9.17) is 9.47 Å². The van der Waals surface area contributed by atoms with Crippen LogP contribution < -0.4 is 0 Å². The Kier molecular flexibility index (Phi) is 9.92. The fourth-order valence-corrected chi connectivity index (χ4v) is 6.06. The number of pyridine rings is 2. The van der Waals surface area contributed by atoms with Crippen LogP contribution in [0.3, 0.4) is 0 Å². The summed E-state index contributed by atoms with van der Waals surface area (Å²) >= 11 is 0. The maximum absolute atomic E-state index is 11.4. The van der Waals surface area contributed by atoms with Gasteiger partial charge in [-0.05, 0) is 49.9 Å². The number of rotatable bonds is 6. The first-order valence-corrected chi connectivity index (χ1v) is 14.9. The Morgan fingerprint density at radius 1 is 0.739 bits per heavy atom. The molecule has 0 amide bonds. The molecule has 0 bridgehead atoms. The van der Waals surface area contributed by atoms with Crippen LogP contribution in [0.4, 0.5) is 11.4 Å². The van der Waals surface area contributed by atoms with E-state index >= 15 is 0 Å². The summed E-state index contributed by atoms with van der Waals surface area (Å²) in [4.78, 5) is 41.4. The van der Waals surface area contributed by atoms with Crippen molar-refractivity contribution in [3.8, 4) is 22.8 Å². The largest absolute Gasteiger partial charge is 0.348 e. The Bertz CT molecular complexity index is 1650. The molecule has 3 fully saturated rings. The van der Waals surface area contributed by atoms with Crippen molar-refractivity contribution in [1.82, 2.24) is 29.5 Å². The monoisotopic (exact) mass is 632 g/mol. The van der Waals surface area contributed by atoms with E-state index < -0.39 is 15.6 Å². The number of ether oxygens (including phenoxy) is 2. The molecule has 2 aliphatic carbocycles. The zero-order chi connectivity index (χ0) is 31.4. The highest BCUT2D eigenvalue weighted by molar-refractivity contribution is 5.79. The fourth-order valence-electron chi connectivity index (χ4n) is 6.06. The van der Waals surface area contributed by atoms with Gasteiger partial charge in [0.25, 0.3) is 0 Å². The Labute approximate surface area is 264 Å². The number of aromatic nitrogens is 6. The molecule has 15 nitrogen and oxygen atoms in total. The van der Waals surface area contributed by atoms with Crippen molar-refractivity contribution in [3.05, 3.63) is 81.4 Å². The summed E-state index contributed by atoms with van der Waals surface area (Å²) in [5, 5.41) is 31.4. The van der Waals surface area contributed by atoms with Crippen molar-refractivity contribution in [2.45, 2.75) is 76.7 Å². The maximum atomic E-state index is 11.4. The average molecular weight is 633 g/mol. The second kappa shape index (κ2) is 14.0. The Morgan fingerprint density at radius 3 is 1.61 bits per heavy atom. The van der Waals surface area contributed by atoms with Crippen molar-refractivity contribution < 1.29 is 24.1 Å². The number of Topliss-reactive ketones (excluding diaryl/α,β-unsaturated/α-hetero) is 1. The standard InChI is InChI=1S/C16H18N4O4.C14H14N4O3.CH4/c21-20(22)14-11-19(18-15(14)13-3-1-2-8-17-13)12-4-6-16(7-5-12)23-9-10-24-16;19-11-6-4-10(5-7-11)17-9-13(18(20)21)14(16-17)12-3-1-2-8-15-12;/h1-3,8,11-12H,4-7,9-10H2;1-3,8-10H,4-7H2;1H4. The van der Waals surface area contributed by atoms with Crippen molar-refractivity contribution in [2.75, 3.05) is 13.2 Å². The molecule has 242 valence electrons. The van der Waals surface area contributed by atoms with Crippen molar-refractivity contribution in [3.63, 3.8) is 0 Å². The molecule has 1 spiro atoms. The number of carbonyl (C=O) groups is 1. The first-order chi connectivity index (χ1) is 21.8. The van der Waals surface area contributed by atoms with Crippen molar-refractivity contribution in [2.24, 2.45) is 0 Å². The van der Waals surface area contributed by atoms with Gasteiger partial charge in [0, 0.05) is 38.1 Å². The van der Waals surface area contributed by atoms with E-state index in [2.05, 4.69) is 20.2 Å². The molecule has 0 aromatic carbocycles. The molecule has 5 heterocycles. The van der Waals surface area contributed by atoms with Crippen LogP contribution in [0.2, 0.25) is 0 Å². The summed E-state index contributed by atoms with van der Waals surface area (Å²) in [5.74, 6) is -0.197. The second-order valence-electron chi connectivity index (χ2n) is 11.2. The topological polar surface area (TPSA) is 183 Å². The van der Waals surface area contributed by atoms with Crippen LogP contribution >= 0.6 is 0 Å². The third-order valence-electron chi connectivity index (χ3n) is 8.43. The lowest BCUT2D eigenvalue weighted by molar-refractivity contribution is -0.384. The molecule has 4 aromatic heterocycles. The van der Waals surface area contributed by atoms with Gasteiger partial charge < -0.3 is 9.47 Å². The van der Waals surface area contributed by atoms with Crippen LogP contribution in [0.25, 0.3) is 22.8 Å². The van der Waals surface area contributed by atoms with Gasteiger partial charge in [0.05, 0.1) is 46.5 Å². The van der Waals surface area contributed by atoms with Gasteiger partial charge in [-0.25, -0.2) is 0 Å². The van der Waals surface area contributed by atoms with Gasteiger partial charge in [-0.3, -0.25) is 44.4 Å². The molecule has 1 saturated heterocycles. The summed E-state index contributed by atoms with van der Waals surface area (Å²) in [6.07, 6.45) is 11.7. The van der Waals surface area contributed by atoms with Gasteiger partial charge in [-0.2, -0.15) is 10.2 Å². The Hall–Kier alpha value is -4.89. The lowest BCUT2D eigenvalue weighted by Gasteiger charge is -2.35. The normalized spacial score (nSPS) is 18.0. The van der Waals surface area contributed by atoms with Gasteiger partial charge in [0.1, 0.15) is 18.2 Å². The van der Waals surface area contributed by atoms with Gasteiger partial charge in [0.2, 0.25) is 0 Å². The van der Waals surface area contributed by atoms with Crippen LogP contribution in [0.5, 0.6) is 0 Å². The molecule has 4 aromatic rings. The van der Waals surface area contributed by atoms with Gasteiger partial charge in [-0.1, -0.05) is 19.6 Å². The molecule has 7 rings (SSSR count). The second-order valence-corrected chi connectivity index (χ2v) is 11.2. The first-order valence-electron chi connectivity index (χ1n) is 14.9. The SMILES string of the molecule is C.O=C1CCC(n2cc([N+](=O)[O-])c(-c3ccccn3)n2)CC1.O=[N+]([O-])c1cn(C2CCC3(CC2)OCCO3)nc1-c1ccccn1. The first kappa shape index (κ1) is 32.5. The highest BCUT2D eigenvalue weighted by atomic mass is 16.7. The predicted molar refractivity (Wildman–Crippen MR) is 166 cm³/mol. The van der Waals surface area contributed by atoms with E-state index in [0.29, 0.717) is 56.0 Å². The van der Waals surface area contributed by atoms with Gasteiger partial charge in [0.15, 0.2) is 17.2 Å². The van der Waals surface area contributed by atoms with Crippen LogP contribution in [0, 0.1) is 20.2 Å². The van der Waals surface area contributed by atoms with Gasteiger partial charge >= 0.3 is 11.4 Å². The molecule has 3 aliphatic rings. The van der Waals surface area contributed by atoms with Crippen LogP contribution in [-0.2, 0) is 14.3 Å². The number of hydrogen-bond donors (Lipinski definition) is 0. The number of hydrogen-bond acceptors (Lipinski definition) is 11. The summed E-state index contributed by atoms with van der Waals surface area (Å²) in [7, 11) is 0. The van der Waals surface area contributed by atoms with E-state index in [-0.39, 0.29) is 42.4 Å². The fraction of sp³-hybridized carbons (Fsp3) is 0.452. The molecule has 0 atom stereocenters. The molecule has 0 radical (unpaired) electrons. The molecule has 0 unspecified atom stereocenters. The molecule has 0 N–H and O–H groups in total. The number of carbonyl (C=O) groups excluding carboxylic acids is 1. The summed E-state index contributed by atoms with van der Waals surface area (Å²) in [5.41, 5.74) is 1.52. The zero-order valence-corrected chi connectivity index (χ0v) is 24.4. The minimum absolute atomic E-state index is 0. The van der Waals surface area contributed by atoms with E-state index in [9.17, 15) is 25.0 Å². The van der Waals surface area contributed by atoms with E-state index in [1.54, 1.807) is 58.2 Å². The minimum atomic E-state index is -0.445. The lowest BCUT2D eigenvalue weighted by atomic mass is 9.90. The predicted octanol–water partition coefficient (Wildman–Crippen LogP) is 5.89. The third kappa shape index (κ3) is 7.00. The Balaban J connectivity index is 0.000000179. The Morgan fingerprint density at radius 2 is 1.20 bits per heavy atom. The van der Waals surface area contributed by atoms with Crippen LogP contribution in [0.1, 0.15) is 70.9 Å². The van der Waals surface area contributed by atoms with Crippen LogP contribution in [0.15, 0.2) is 61.2 Å². The van der Waals surface area contributed by atoms with Gasteiger partial charge in [-0.15, -0.1) is 0 Å². The highest BCUT2D eigenvalue weighted by Gasteiger charge is 2.41. The molecule has 15 heteroatoms. The summed E-state index contributed by atoms with van der Waals surface area (Å²) in [6, 6.07) is 10.7. The summed E-state index contributed by atoms with van der Waals surface area (Å²) < 4.78 is 14.8. The summed E-state index contributed by atoms with van der Waals surface area (Å²) in [6.45, 7) is 1.28. The van der Waals surface area contributed by atoms with E-state index in [0.717, 1.165) is 25.7 Å². The quantitative estimate of drug-likeness (QED) is 0.182. The van der Waals surface area contributed by atoms with Crippen molar-refractivity contribution in [1.29, 1.82) is 0 Å². The van der Waals surface area contributed by atoms with E-state index in [1.165, 1.54) is 12.4 Å². The minimum Gasteiger partial charge on any atom is -0.348 e. The van der Waals surface area contributed by atoms with Crippen LogP contribution in [-0.4, -0.2) is 64.2 Å². The van der Waals surface area contributed by atoms with Crippen molar-refractivity contribution >= 4 is 17.2 Å². The average Bonchev–Trinajstić information content (AvgIpc) is 3.83. The molecule has 1 aliphatic heterocycles. The lowest BCUT2D eigenvalue weighted by Crippen LogP contribution is -2.35. The van der Waals surface area contributed by atoms with E-state index in [1.807, 2.05) is 0 Å². The number of nitrogens with zero attached hydrogens (tertiary/aromatic N) is 8. The molecular formula is C31H36N8O7. The number of nitro groups is 2. The zero-order valence-electron chi connectivity index (χ0n) is 24.4. The molecule has 2 saturated carbocycles. The smallest absolute Gasteiger partial charge is 0.316 e. The maximum Gasteiger partial charge on any atom is 0.316 e. The molecular weight excluding hydrogens is 596 g/mol. The third-order valence-corrected chi connectivity index (χ3v) is 8.43.